The Morgan fingerprint density at radius 2 is 1.71 bits per heavy atom. The molecule has 0 amide bonds. The number of aryl methyl sites for hydroxylation is 1. The fourth-order valence-corrected chi connectivity index (χ4v) is 2.08. The van der Waals surface area contributed by atoms with E-state index < -0.39 is 0 Å². The van der Waals surface area contributed by atoms with E-state index in [2.05, 4.69) is 38.2 Å². The summed E-state index contributed by atoms with van der Waals surface area (Å²) in [6.07, 6.45) is 3.37. The largest absolute Gasteiger partial charge is 0.497 e. The molecule has 0 aliphatic heterocycles. The molecule has 0 spiro atoms. The highest BCUT2D eigenvalue weighted by atomic mass is 16.5. The smallest absolute Gasteiger partial charge is 0.118 e. The Balaban J connectivity index is 2.06. The molecule has 0 aliphatic carbocycles. The summed E-state index contributed by atoms with van der Waals surface area (Å²) >= 11 is 0. The lowest BCUT2D eigenvalue weighted by molar-refractivity contribution is 0.123. The van der Waals surface area contributed by atoms with Gasteiger partial charge in [0.25, 0.3) is 0 Å². The van der Waals surface area contributed by atoms with Gasteiger partial charge >= 0.3 is 0 Å². The molecule has 0 aliphatic rings. The van der Waals surface area contributed by atoms with Gasteiger partial charge in [-0.15, -0.1) is 0 Å². The maximum atomic E-state index is 5.61. The number of rotatable bonds is 11. The summed E-state index contributed by atoms with van der Waals surface area (Å²) in [4.78, 5) is 0. The lowest BCUT2D eigenvalue weighted by Crippen LogP contribution is -2.30. The molecule has 1 N–H and O–H groups in total. The van der Waals surface area contributed by atoms with Crippen molar-refractivity contribution in [2.24, 2.45) is 5.92 Å². The summed E-state index contributed by atoms with van der Waals surface area (Å²) in [7, 11) is 1.70. The van der Waals surface area contributed by atoms with Gasteiger partial charge in [0.1, 0.15) is 5.75 Å². The molecule has 0 radical (unpaired) electrons. The Labute approximate surface area is 130 Å². The maximum absolute atomic E-state index is 5.61. The molecule has 0 fully saturated rings. The first-order chi connectivity index (χ1) is 10.1. The third-order valence-corrected chi connectivity index (χ3v) is 3.60. The zero-order valence-electron chi connectivity index (χ0n) is 14.0. The third-order valence-electron chi connectivity index (χ3n) is 3.60. The molecule has 0 aromatic heterocycles. The zero-order chi connectivity index (χ0) is 15.5. The van der Waals surface area contributed by atoms with Crippen LogP contribution < -0.4 is 10.1 Å². The summed E-state index contributed by atoms with van der Waals surface area (Å²) in [5, 5.41) is 3.51. The first kappa shape index (κ1) is 18.0. The monoisotopic (exact) mass is 293 g/mol. The van der Waals surface area contributed by atoms with Gasteiger partial charge in [-0.1, -0.05) is 26.0 Å². The molecule has 1 aromatic carbocycles. The van der Waals surface area contributed by atoms with Crippen molar-refractivity contribution in [3.63, 3.8) is 0 Å². The van der Waals surface area contributed by atoms with Crippen molar-refractivity contribution >= 4 is 0 Å². The van der Waals surface area contributed by atoms with E-state index in [4.69, 9.17) is 9.47 Å². The van der Waals surface area contributed by atoms with E-state index in [1.807, 2.05) is 12.1 Å². The Hall–Kier alpha value is -1.06. The van der Waals surface area contributed by atoms with Crippen LogP contribution in [0.5, 0.6) is 5.75 Å². The highest BCUT2D eigenvalue weighted by Gasteiger charge is 2.02. The molecule has 1 aromatic rings. The number of hydrogen-bond acceptors (Lipinski definition) is 3. The van der Waals surface area contributed by atoms with Gasteiger partial charge in [-0.05, 0) is 49.8 Å². The number of ether oxygens (including phenoxy) is 2. The van der Waals surface area contributed by atoms with Crippen LogP contribution in [-0.2, 0) is 11.2 Å². The molecule has 1 rings (SSSR count). The van der Waals surface area contributed by atoms with Gasteiger partial charge in [0, 0.05) is 19.2 Å². The molecule has 120 valence electrons. The van der Waals surface area contributed by atoms with Crippen LogP contribution in [0.25, 0.3) is 0 Å². The van der Waals surface area contributed by atoms with Crippen molar-refractivity contribution in [2.45, 2.75) is 46.1 Å². The summed E-state index contributed by atoms with van der Waals surface area (Å²) in [6, 6.07) is 8.84. The first-order valence-electron chi connectivity index (χ1n) is 8.06. The standard InChI is InChI=1S/C18H31NO2/c1-15(2)11-13-21-14-12-19-16(3)5-6-17-7-9-18(20-4)10-8-17/h7-10,15-16,19H,5-6,11-14H2,1-4H3. The summed E-state index contributed by atoms with van der Waals surface area (Å²) in [5.74, 6) is 1.64. The minimum Gasteiger partial charge on any atom is -0.497 e. The minimum atomic E-state index is 0.515. The SMILES string of the molecule is COc1ccc(CCC(C)NCCOCCC(C)C)cc1. The molecule has 0 saturated heterocycles. The van der Waals surface area contributed by atoms with E-state index in [1.54, 1.807) is 7.11 Å². The Morgan fingerprint density at radius 1 is 1.00 bits per heavy atom. The fourth-order valence-electron chi connectivity index (χ4n) is 2.08. The van der Waals surface area contributed by atoms with Gasteiger partial charge in [-0.2, -0.15) is 0 Å². The van der Waals surface area contributed by atoms with E-state index in [0.29, 0.717) is 6.04 Å². The van der Waals surface area contributed by atoms with Crippen LogP contribution in [0.4, 0.5) is 0 Å². The van der Waals surface area contributed by atoms with Crippen LogP contribution >= 0.6 is 0 Å². The van der Waals surface area contributed by atoms with Gasteiger partial charge in [-0.25, -0.2) is 0 Å². The van der Waals surface area contributed by atoms with Gasteiger partial charge in [-0.3, -0.25) is 0 Å². The van der Waals surface area contributed by atoms with Crippen molar-refractivity contribution < 1.29 is 9.47 Å². The molecular formula is C18H31NO2. The quantitative estimate of drug-likeness (QED) is 0.632. The van der Waals surface area contributed by atoms with E-state index in [0.717, 1.165) is 50.7 Å². The van der Waals surface area contributed by atoms with Gasteiger partial charge < -0.3 is 14.8 Å². The second-order valence-electron chi connectivity index (χ2n) is 6.04. The molecule has 3 heteroatoms. The molecular weight excluding hydrogens is 262 g/mol. The Kier molecular flexibility index (Phi) is 9.11. The van der Waals surface area contributed by atoms with E-state index in [1.165, 1.54) is 5.56 Å². The van der Waals surface area contributed by atoms with Crippen molar-refractivity contribution in [3.8, 4) is 5.75 Å². The normalized spacial score (nSPS) is 12.6. The van der Waals surface area contributed by atoms with Crippen LogP contribution in [0.1, 0.15) is 39.2 Å². The number of hydrogen-bond donors (Lipinski definition) is 1. The zero-order valence-corrected chi connectivity index (χ0v) is 14.0. The highest BCUT2D eigenvalue weighted by Crippen LogP contribution is 2.13. The third kappa shape index (κ3) is 8.74. The second-order valence-corrected chi connectivity index (χ2v) is 6.04. The maximum Gasteiger partial charge on any atom is 0.118 e. The second kappa shape index (κ2) is 10.6. The minimum absolute atomic E-state index is 0.515. The van der Waals surface area contributed by atoms with Gasteiger partial charge in [0.05, 0.1) is 13.7 Å². The van der Waals surface area contributed by atoms with Gasteiger partial charge in [0.2, 0.25) is 0 Å². The van der Waals surface area contributed by atoms with Crippen LogP contribution in [-0.4, -0.2) is 32.9 Å². The molecule has 0 saturated carbocycles. The summed E-state index contributed by atoms with van der Waals surface area (Å²) in [6.45, 7) is 9.30. The van der Waals surface area contributed by atoms with E-state index in [9.17, 15) is 0 Å². The van der Waals surface area contributed by atoms with E-state index in [-0.39, 0.29) is 0 Å². The van der Waals surface area contributed by atoms with Crippen LogP contribution in [0.15, 0.2) is 24.3 Å². The van der Waals surface area contributed by atoms with Crippen LogP contribution in [0, 0.1) is 5.92 Å². The Morgan fingerprint density at radius 3 is 2.33 bits per heavy atom. The van der Waals surface area contributed by atoms with Crippen molar-refractivity contribution in [2.75, 3.05) is 26.9 Å². The topological polar surface area (TPSA) is 30.5 Å². The van der Waals surface area contributed by atoms with Gasteiger partial charge in [0.15, 0.2) is 0 Å². The van der Waals surface area contributed by atoms with Crippen molar-refractivity contribution in [3.05, 3.63) is 29.8 Å². The molecule has 21 heavy (non-hydrogen) atoms. The average molecular weight is 293 g/mol. The molecule has 0 bridgehead atoms. The number of benzene rings is 1. The Bertz CT molecular complexity index is 362. The number of nitrogens with one attached hydrogen (secondary N) is 1. The summed E-state index contributed by atoms with van der Waals surface area (Å²) in [5.41, 5.74) is 1.36. The van der Waals surface area contributed by atoms with Crippen molar-refractivity contribution in [1.82, 2.24) is 5.32 Å². The fraction of sp³-hybridized carbons (Fsp3) is 0.667. The number of methoxy groups -OCH3 is 1. The van der Waals surface area contributed by atoms with Crippen molar-refractivity contribution in [1.29, 1.82) is 0 Å². The summed E-state index contributed by atoms with van der Waals surface area (Å²) < 4.78 is 10.8. The van der Waals surface area contributed by atoms with Crippen LogP contribution in [0.2, 0.25) is 0 Å². The predicted molar refractivity (Wildman–Crippen MR) is 89.1 cm³/mol. The lowest BCUT2D eigenvalue weighted by Gasteiger charge is -2.14. The van der Waals surface area contributed by atoms with Crippen LogP contribution in [0.3, 0.4) is 0 Å². The lowest BCUT2D eigenvalue weighted by atomic mass is 10.1. The highest BCUT2D eigenvalue weighted by molar-refractivity contribution is 5.27. The van der Waals surface area contributed by atoms with E-state index >= 15 is 0 Å². The molecule has 3 nitrogen and oxygen atoms in total. The predicted octanol–water partition coefficient (Wildman–Crippen LogP) is 3.67. The average Bonchev–Trinajstić information content (AvgIpc) is 2.49. The first-order valence-corrected chi connectivity index (χ1v) is 8.06. The molecule has 0 heterocycles. The molecule has 1 unspecified atom stereocenters. The molecule has 1 atom stereocenters.